The van der Waals surface area contributed by atoms with E-state index >= 15 is 0 Å². The van der Waals surface area contributed by atoms with E-state index in [-0.39, 0.29) is 17.3 Å². The standard InChI is InChI=1S/C18H28O3/c1-6-18(7-2,20-5)14(3)17(15(4)19)21-13-16-11-9-8-10-12-16/h8-12,14,17H,6-7,13H2,1-5H3/t14-,17+/m0/s1. The summed E-state index contributed by atoms with van der Waals surface area (Å²) in [6.45, 7) is 8.28. The number of hydrogen-bond donors (Lipinski definition) is 0. The van der Waals surface area contributed by atoms with Gasteiger partial charge in [-0.2, -0.15) is 0 Å². The third-order valence-electron chi connectivity index (χ3n) is 4.56. The van der Waals surface area contributed by atoms with Crippen LogP contribution in [0.15, 0.2) is 30.3 Å². The SMILES string of the molecule is CCC(CC)(OC)[C@@H](C)[C@@H](OCc1ccccc1)C(C)=O. The summed E-state index contributed by atoms with van der Waals surface area (Å²) in [5.74, 6) is 0.0699. The molecular formula is C18H28O3. The molecule has 0 saturated heterocycles. The maximum Gasteiger partial charge on any atom is 0.158 e. The van der Waals surface area contributed by atoms with Crippen molar-refractivity contribution in [3.63, 3.8) is 0 Å². The maximum atomic E-state index is 12.0. The van der Waals surface area contributed by atoms with E-state index in [9.17, 15) is 4.79 Å². The number of hydrogen-bond acceptors (Lipinski definition) is 3. The van der Waals surface area contributed by atoms with Crippen LogP contribution in [-0.2, 0) is 20.9 Å². The van der Waals surface area contributed by atoms with Gasteiger partial charge < -0.3 is 9.47 Å². The fourth-order valence-corrected chi connectivity index (χ4v) is 3.02. The topological polar surface area (TPSA) is 35.5 Å². The number of ketones is 1. The van der Waals surface area contributed by atoms with Crippen LogP contribution < -0.4 is 0 Å². The third kappa shape index (κ3) is 4.39. The largest absolute Gasteiger partial charge is 0.378 e. The highest BCUT2D eigenvalue weighted by Crippen LogP contribution is 2.33. The zero-order valence-electron chi connectivity index (χ0n) is 13.9. The Hall–Kier alpha value is -1.19. The quantitative estimate of drug-likeness (QED) is 0.690. The van der Waals surface area contributed by atoms with Gasteiger partial charge in [-0.15, -0.1) is 0 Å². The Morgan fingerprint density at radius 2 is 1.76 bits per heavy atom. The third-order valence-corrected chi connectivity index (χ3v) is 4.56. The Kier molecular flexibility index (Phi) is 7.06. The van der Waals surface area contributed by atoms with Crippen LogP contribution in [0.2, 0.25) is 0 Å². The molecular weight excluding hydrogens is 264 g/mol. The molecule has 0 saturated carbocycles. The molecule has 1 rings (SSSR count). The Labute approximate surface area is 128 Å². The molecule has 0 aliphatic carbocycles. The minimum absolute atomic E-state index is 0.0127. The van der Waals surface area contributed by atoms with E-state index in [1.165, 1.54) is 0 Å². The van der Waals surface area contributed by atoms with Gasteiger partial charge in [0.2, 0.25) is 0 Å². The van der Waals surface area contributed by atoms with Crippen molar-refractivity contribution in [3.05, 3.63) is 35.9 Å². The van der Waals surface area contributed by atoms with Crippen LogP contribution in [0, 0.1) is 5.92 Å². The first-order chi connectivity index (χ1) is 10.0. The molecule has 0 amide bonds. The number of carbonyl (C=O) groups is 1. The number of Topliss-reactive ketones (excluding diaryl/α,β-unsaturated/α-hetero) is 1. The predicted octanol–water partition coefficient (Wildman–Crippen LogP) is 4.00. The highest BCUT2D eigenvalue weighted by molar-refractivity contribution is 5.80. The molecule has 3 nitrogen and oxygen atoms in total. The van der Waals surface area contributed by atoms with Gasteiger partial charge in [0.1, 0.15) is 6.10 Å². The van der Waals surface area contributed by atoms with Crippen LogP contribution >= 0.6 is 0 Å². The number of carbonyl (C=O) groups excluding carboxylic acids is 1. The van der Waals surface area contributed by atoms with Gasteiger partial charge in [-0.1, -0.05) is 51.1 Å². The first-order valence-electron chi connectivity index (χ1n) is 7.71. The number of benzene rings is 1. The zero-order valence-corrected chi connectivity index (χ0v) is 13.9. The summed E-state index contributed by atoms with van der Waals surface area (Å²) in [5, 5.41) is 0. The highest BCUT2D eigenvalue weighted by atomic mass is 16.5. The van der Waals surface area contributed by atoms with Crippen LogP contribution in [0.4, 0.5) is 0 Å². The Morgan fingerprint density at radius 3 is 2.19 bits per heavy atom. The average molecular weight is 292 g/mol. The second kappa shape index (κ2) is 8.30. The average Bonchev–Trinajstić information content (AvgIpc) is 2.50. The van der Waals surface area contributed by atoms with E-state index in [1.807, 2.05) is 37.3 Å². The second-order valence-corrected chi connectivity index (χ2v) is 5.59. The molecule has 0 aliphatic rings. The lowest BCUT2D eigenvalue weighted by Crippen LogP contribution is -2.46. The Morgan fingerprint density at radius 1 is 1.19 bits per heavy atom. The van der Waals surface area contributed by atoms with Crippen molar-refractivity contribution in [3.8, 4) is 0 Å². The summed E-state index contributed by atoms with van der Waals surface area (Å²) in [5.41, 5.74) is 0.763. The minimum Gasteiger partial charge on any atom is -0.378 e. The molecule has 21 heavy (non-hydrogen) atoms. The van der Waals surface area contributed by atoms with Gasteiger partial charge in [-0.05, 0) is 25.3 Å². The van der Waals surface area contributed by atoms with Gasteiger partial charge in [-0.25, -0.2) is 0 Å². The molecule has 0 bridgehead atoms. The first kappa shape index (κ1) is 17.9. The van der Waals surface area contributed by atoms with Crippen LogP contribution in [0.3, 0.4) is 0 Å². The fourth-order valence-electron chi connectivity index (χ4n) is 3.02. The predicted molar refractivity (Wildman–Crippen MR) is 85.2 cm³/mol. The van der Waals surface area contributed by atoms with Crippen molar-refractivity contribution in [2.24, 2.45) is 5.92 Å². The van der Waals surface area contributed by atoms with Crippen LogP contribution in [0.25, 0.3) is 0 Å². The van der Waals surface area contributed by atoms with Crippen LogP contribution in [0.1, 0.15) is 46.1 Å². The van der Waals surface area contributed by atoms with Gasteiger partial charge in [-0.3, -0.25) is 4.79 Å². The molecule has 0 aromatic heterocycles. The fraction of sp³-hybridized carbons (Fsp3) is 0.611. The van der Waals surface area contributed by atoms with E-state index in [4.69, 9.17) is 9.47 Å². The van der Waals surface area contributed by atoms with Gasteiger partial charge >= 0.3 is 0 Å². The Balaban J connectivity index is 2.83. The van der Waals surface area contributed by atoms with Crippen molar-refractivity contribution < 1.29 is 14.3 Å². The molecule has 0 radical (unpaired) electrons. The lowest BCUT2D eigenvalue weighted by molar-refractivity contribution is -0.149. The number of ether oxygens (including phenoxy) is 2. The number of methoxy groups -OCH3 is 1. The van der Waals surface area contributed by atoms with E-state index < -0.39 is 6.10 Å². The lowest BCUT2D eigenvalue weighted by atomic mass is 9.79. The summed E-state index contributed by atoms with van der Waals surface area (Å²) in [6, 6.07) is 9.93. The van der Waals surface area contributed by atoms with Crippen LogP contribution in [-0.4, -0.2) is 24.6 Å². The molecule has 1 aromatic rings. The van der Waals surface area contributed by atoms with E-state index in [1.54, 1.807) is 14.0 Å². The molecule has 3 heteroatoms. The van der Waals surface area contributed by atoms with Crippen molar-refractivity contribution >= 4 is 5.78 Å². The minimum atomic E-state index is -0.440. The molecule has 0 aliphatic heterocycles. The summed E-state index contributed by atoms with van der Waals surface area (Å²) in [7, 11) is 1.72. The summed E-state index contributed by atoms with van der Waals surface area (Å²) >= 11 is 0. The van der Waals surface area contributed by atoms with E-state index in [0.29, 0.717) is 6.61 Å². The smallest absolute Gasteiger partial charge is 0.158 e. The maximum absolute atomic E-state index is 12.0. The first-order valence-corrected chi connectivity index (χ1v) is 7.71. The monoisotopic (exact) mass is 292 g/mol. The van der Waals surface area contributed by atoms with E-state index in [2.05, 4.69) is 13.8 Å². The lowest BCUT2D eigenvalue weighted by Gasteiger charge is -2.39. The van der Waals surface area contributed by atoms with Crippen molar-refractivity contribution in [1.29, 1.82) is 0 Å². The highest BCUT2D eigenvalue weighted by Gasteiger charge is 2.40. The molecule has 0 spiro atoms. The summed E-state index contributed by atoms with van der Waals surface area (Å²) < 4.78 is 11.7. The molecule has 2 atom stereocenters. The molecule has 1 aromatic carbocycles. The zero-order chi connectivity index (χ0) is 15.9. The van der Waals surface area contributed by atoms with Crippen molar-refractivity contribution in [2.45, 2.75) is 58.8 Å². The molecule has 0 unspecified atom stereocenters. The van der Waals surface area contributed by atoms with Crippen molar-refractivity contribution in [1.82, 2.24) is 0 Å². The summed E-state index contributed by atoms with van der Waals surface area (Å²) in [4.78, 5) is 12.0. The van der Waals surface area contributed by atoms with Gasteiger partial charge in [0.05, 0.1) is 12.2 Å². The van der Waals surface area contributed by atoms with E-state index in [0.717, 1.165) is 18.4 Å². The van der Waals surface area contributed by atoms with Gasteiger partial charge in [0.25, 0.3) is 0 Å². The number of rotatable bonds is 9. The molecule has 118 valence electrons. The second-order valence-electron chi connectivity index (χ2n) is 5.59. The molecule has 0 fully saturated rings. The Bertz CT molecular complexity index is 415. The molecule has 0 heterocycles. The van der Waals surface area contributed by atoms with Gasteiger partial charge in [0, 0.05) is 13.0 Å². The summed E-state index contributed by atoms with van der Waals surface area (Å²) in [6.07, 6.45) is 1.28. The van der Waals surface area contributed by atoms with Crippen LogP contribution in [0.5, 0.6) is 0 Å². The van der Waals surface area contributed by atoms with Gasteiger partial charge in [0.15, 0.2) is 5.78 Å². The molecule has 0 N–H and O–H groups in total. The normalized spacial score (nSPS) is 14.7. The van der Waals surface area contributed by atoms with Crippen molar-refractivity contribution in [2.75, 3.05) is 7.11 Å².